The quantitative estimate of drug-likeness (QED) is 0.467. The molecule has 140 valence electrons. The molecule has 0 radical (unpaired) electrons. The molecule has 0 saturated heterocycles. The van der Waals surface area contributed by atoms with Crippen molar-refractivity contribution in [1.82, 2.24) is 0 Å². The van der Waals surface area contributed by atoms with E-state index in [0.717, 1.165) is 28.1 Å². The second kappa shape index (κ2) is 7.28. The molecule has 0 aromatic heterocycles. The zero-order valence-corrected chi connectivity index (χ0v) is 15.8. The van der Waals surface area contributed by atoms with E-state index in [1.807, 2.05) is 95.9 Å². The average Bonchev–Trinajstić information content (AvgIpc) is 2.80. The molecule has 0 fully saturated rings. The largest absolute Gasteiger partial charge is 0.360 e. The smallest absolute Gasteiger partial charge is 0.262 e. The first-order valence-corrected chi connectivity index (χ1v) is 9.71. The highest BCUT2D eigenvalue weighted by atomic mass is 16.2. The normalized spacial score (nSPS) is 15.5. The maximum atomic E-state index is 13.7. The van der Waals surface area contributed by atoms with Gasteiger partial charge in [-0.25, -0.2) is 0 Å². The van der Waals surface area contributed by atoms with Crippen molar-refractivity contribution in [3.05, 3.63) is 120 Å². The summed E-state index contributed by atoms with van der Waals surface area (Å²) in [5.41, 5.74) is 5.58. The summed E-state index contributed by atoms with van der Waals surface area (Å²) in [7, 11) is 0. The SMILES string of the molecule is O=C1c2cc(-c3ccccc3)ccc2N[C@@H](c2ccccc2)N1c1ccccc1. The lowest BCUT2D eigenvalue weighted by Crippen LogP contribution is -2.43. The highest BCUT2D eigenvalue weighted by molar-refractivity contribution is 6.12. The van der Waals surface area contributed by atoms with Gasteiger partial charge in [-0.3, -0.25) is 9.69 Å². The monoisotopic (exact) mass is 376 g/mol. The number of hydrogen-bond donors (Lipinski definition) is 1. The van der Waals surface area contributed by atoms with Crippen molar-refractivity contribution in [3.63, 3.8) is 0 Å². The Morgan fingerprint density at radius 3 is 1.97 bits per heavy atom. The van der Waals surface area contributed by atoms with Gasteiger partial charge in [0.05, 0.1) is 5.56 Å². The topological polar surface area (TPSA) is 32.3 Å². The molecule has 1 atom stereocenters. The molecule has 1 N–H and O–H groups in total. The number of carbonyl (C=O) groups is 1. The first kappa shape index (κ1) is 17.3. The van der Waals surface area contributed by atoms with Crippen molar-refractivity contribution in [2.45, 2.75) is 6.17 Å². The average molecular weight is 376 g/mol. The van der Waals surface area contributed by atoms with Crippen LogP contribution in [-0.2, 0) is 0 Å². The van der Waals surface area contributed by atoms with Crippen molar-refractivity contribution in [3.8, 4) is 11.1 Å². The van der Waals surface area contributed by atoms with Crippen LogP contribution in [0.3, 0.4) is 0 Å². The zero-order chi connectivity index (χ0) is 19.6. The molecule has 0 aliphatic carbocycles. The van der Waals surface area contributed by atoms with Crippen molar-refractivity contribution >= 4 is 17.3 Å². The molecule has 3 heteroatoms. The van der Waals surface area contributed by atoms with Crippen LogP contribution >= 0.6 is 0 Å². The molecule has 0 spiro atoms. The van der Waals surface area contributed by atoms with Gasteiger partial charge in [0.1, 0.15) is 6.17 Å². The Morgan fingerprint density at radius 2 is 1.28 bits per heavy atom. The number of rotatable bonds is 3. The number of amides is 1. The van der Waals surface area contributed by atoms with E-state index >= 15 is 0 Å². The van der Waals surface area contributed by atoms with E-state index in [4.69, 9.17) is 0 Å². The summed E-state index contributed by atoms with van der Waals surface area (Å²) in [4.78, 5) is 15.5. The Labute approximate surface area is 170 Å². The zero-order valence-electron chi connectivity index (χ0n) is 15.8. The molecule has 1 amide bonds. The summed E-state index contributed by atoms with van der Waals surface area (Å²) in [5.74, 6) is -0.00316. The third kappa shape index (κ3) is 3.17. The van der Waals surface area contributed by atoms with Gasteiger partial charge in [-0.1, -0.05) is 84.9 Å². The third-order valence-corrected chi connectivity index (χ3v) is 5.28. The van der Waals surface area contributed by atoms with Crippen LogP contribution in [0.1, 0.15) is 22.1 Å². The van der Waals surface area contributed by atoms with E-state index < -0.39 is 0 Å². The van der Waals surface area contributed by atoms with E-state index in [1.165, 1.54) is 0 Å². The van der Waals surface area contributed by atoms with Crippen LogP contribution in [0.2, 0.25) is 0 Å². The number of nitrogens with zero attached hydrogens (tertiary/aromatic N) is 1. The Hall–Kier alpha value is -3.85. The summed E-state index contributed by atoms with van der Waals surface area (Å²) < 4.78 is 0. The molecule has 0 unspecified atom stereocenters. The lowest BCUT2D eigenvalue weighted by Gasteiger charge is -2.38. The van der Waals surface area contributed by atoms with E-state index in [-0.39, 0.29) is 12.1 Å². The molecule has 0 saturated carbocycles. The van der Waals surface area contributed by atoms with Gasteiger partial charge in [0.15, 0.2) is 0 Å². The van der Waals surface area contributed by atoms with Gasteiger partial charge in [-0.05, 0) is 41.0 Å². The van der Waals surface area contributed by atoms with Crippen LogP contribution in [-0.4, -0.2) is 5.91 Å². The Kier molecular flexibility index (Phi) is 4.34. The number of para-hydroxylation sites is 1. The number of hydrogen-bond acceptors (Lipinski definition) is 2. The van der Waals surface area contributed by atoms with Crippen molar-refractivity contribution in [2.24, 2.45) is 0 Å². The third-order valence-electron chi connectivity index (χ3n) is 5.28. The fourth-order valence-electron chi connectivity index (χ4n) is 3.84. The lowest BCUT2D eigenvalue weighted by molar-refractivity contribution is 0.0975. The Morgan fingerprint density at radius 1 is 0.655 bits per heavy atom. The van der Waals surface area contributed by atoms with Crippen molar-refractivity contribution in [2.75, 3.05) is 10.2 Å². The molecule has 29 heavy (non-hydrogen) atoms. The number of fused-ring (bicyclic) bond motifs is 1. The van der Waals surface area contributed by atoms with Crippen LogP contribution in [0.5, 0.6) is 0 Å². The van der Waals surface area contributed by atoms with Crippen molar-refractivity contribution < 1.29 is 4.79 Å². The van der Waals surface area contributed by atoms with Crippen LogP contribution in [0.4, 0.5) is 11.4 Å². The summed E-state index contributed by atoms with van der Waals surface area (Å²) >= 11 is 0. The highest BCUT2D eigenvalue weighted by Crippen LogP contribution is 2.38. The fourth-order valence-corrected chi connectivity index (χ4v) is 3.84. The minimum atomic E-state index is -0.263. The Bertz CT molecular complexity index is 1140. The molecular weight excluding hydrogens is 356 g/mol. The highest BCUT2D eigenvalue weighted by Gasteiger charge is 2.34. The number of carbonyl (C=O) groups excluding carboxylic acids is 1. The minimum absolute atomic E-state index is 0.00316. The molecule has 1 aliphatic rings. The van der Waals surface area contributed by atoms with Crippen molar-refractivity contribution in [1.29, 1.82) is 0 Å². The van der Waals surface area contributed by atoms with E-state index in [0.29, 0.717) is 5.56 Å². The van der Waals surface area contributed by atoms with Crippen LogP contribution < -0.4 is 10.2 Å². The summed E-state index contributed by atoms with van der Waals surface area (Å²) in [6.45, 7) is 0. The molecule has 5 rings (SSSR count). The van der Waals surface area contributed by atoms with Gasteiger partial charge in [-0.2, -0.15) is 0 Å². The maximum absolute atomic E-state index is 13.7. The van der Waals surface area contributed by atoms with Gasteiger partial charge < -0.3 is 5.32 Å². The predicted molar refractivity (Wildman–Crippen MR) is 118 cm³/mol. The summed E-state index contributed by atoms with van der Waals surface area (Å²) in [6.07, 6.45) is -0.263. The summed E-state index contributed by atoms with van der Waals surface area (Å²) in [5, 5.41) is 3.58. The van der Waals surface area contributed by atoms with E-state index in [1.54, 1.807) is 0 Å². The number of anilines is 2. The Balaban J connectivity index is 1.63. The molecule has 4 aromatic rings. The van der Waals surface area contributed by atoms with E-state index in [9.17, 15) is 4.79 Å². The maximum Gasteiger partial charge on any atom is 0.262 e. The van der Waals surface area contributed by atoms with Gasteiger partial charge in [0.2, 0.25) is 0 Å². The molecule has 0 bridgehead atoms. The van der Waals surface area contributed by atoms with Gasteiger partial charge in [0.25, 0.3) is 5.91 Å². The van der Waals surface area contributed by atoms with Crippen LogP contribution in [0.15, 0.2) is 109 Å². The first-order valence-electron chi connectivity index (χ1n) is 9.71. The lowest BCUT2D eigenvalue weighted by atomic mass is 9.97. The van der Waals surface area contributed by atoms with Gasteiger partial charge >= 0.3 is 0 Å². The minimum Gasteiger partial charge on any atom is -0.360 e. The van der Waals surface area contributed by atoms with Crippen LogP contribution in [0, 0.1) is 0 Å². The molecule has 3 nitrogen and oxygen atoms in total. The second-order valence-corrected chi connectivity index (χ2v) is 7.09. The first-order chi connectivity index (χ1) is 14.3. The molecule has 1 aliphatic heterocycles. The summed E-state index contributed by atoms with van der Waals surface area (Å²) in [6, 6.07) is 36.1. The standard InChI is InChI=1S/C26H20N2O/c29-26-23-18-21(19-10-4-1-5-11-19)16-17-24(23)27-25(20-12-6-2-7-13-20)28(26)22-14-8-3-9-15-22/h1-18,25,27H/t25-/m1/s1. The van der Waals surface area contributed by atoms with E-state index in [2.05, 4.69) is 23.5 Å². The fraction of sp³-hybridized carbons (Fsp3) is 0.0385. The van der Waals surface area contributed by atoms with Crippen LogP contribution in [0.25, 0.3) is 11.1 Å². The molecule has 4 aromatic carbocycles. The molecular formula is C26H20N2O. The number of nitrogens with one attached hydrogen (secondary N) is 1. The van der Waals surface area contributed by atoms with Gasteiger partial charge in [-0.15, -0.1) is 0 Å². The molecule has 1 heterocycles. The van der Waals surface area contributed by atoms with Gasteiger partial charge in [0, 0.05) is 11.4 Å². The second-order valence-electron chi connectivity index (χ2n) is 7.09. The predicted octanol–water partition coefficient (Wildman–Crippen LogP) is 6.12. The number of benzene rings is 4.